The molecule has 0 aromatic rings. The van der Waals surface area contributed by atoms with Crippen molar-refractivity contribution in [2.75, 3.05) is 13.6 Å². The Labute approximate surface area is 76.1 Å². The van der Waals surface area contributed by atoms with Crippen LogP contribution in [0, 0.1) is 0 Å². The van der Waals surface area contributed by atoms with Crippen LogP contribution in [0.15, 0.2) is 0 Å². The van der Waals surface area contributed by atoms with Crippen molar-refractivity contribution in [2.24, 2.45) is 0 Å². The molecule has 80 valence electrons. The highest BCUT2D eigenvalue weighted by molar-refractivity contribution is 4.74. The highest BCUT2D eigenvalue weighted by Crippen LogP contribution is 2.26. The Morgan fingerprint density at radius 1 is 1.15 bits per heavy atom. The van der Waals surface area contributed by atoms with Crippen LogP contribution in [0.25, 0.3) is 0 Å². The van der Waals surface area contributed by atoms with E-state index in [1.165, 1.54) is 6.92 Å². The summed E-state index contributed by atoms with van der Waals surface area (Å²) in [6.45, 7) is 1.95. The van der Waals surface area contributed by atoms with Gasteiger partial charge in [0.1, 0.15) is 0 Å². The molecule has 2 N–H and O–H groups in total. The van der Waals surface area contributed by atoms with E-state index in [1.54, 1.807) is 7.05 Å². The summed E-state index contributed by atoms with van der Waals surface area (Å²) < 4.78 is 35.3. The van der Waals surface area contributed by atoms with Crippen molar-refractivity contribution < 1.29 is 18.3 Å². The molecule has 0 heterocycles. The van der Waals surface area contributed by atoms with Crippen LogP contribution in [-0.4, -0.2) is 30.5 Å². The van der Waals surface area contributed by atoms with E-state index in [9.17, 15) is 18.3 Å². The molecule has 0 fully saturated rings. The molecule has 13 heavy (non-hydrogen) atoms. The van der Waals surface area contributed by atoms with Crippen molar-refractivity contribution in [1.29, 1.82) is 0 Å². The van der Waals surface area contributed by atoms with Crippen molar-refractivity contribution in [3.05, 3.63) is 0 Å². The molecule has 1 atom stereocenters. The van der Waals surface area contributed by atoms with Crippen molar-refractivity contribution in [3.63, 3.8) is 0 Å². The van der Waals surface area contributed by atoms with Gasteiger partial charge in [0.2, 0.25) is 0 Å². The minimum Gasteiger partial charge on any atom is -0.390 e. The third-order valence-corrected chi connectivity index (χ3v) is 1.86. The molecule has 1 unspecified atom stereocenters. The molecule has 0 amide bonds. The Morgan fingerprint density at radius 3 is 2.08 bits per heavy atom. The predicted molar refractivity (Wildman–Crippen MR) is 44.5 cm³/mol. The van der Waals surface area contributed by atoms with Gasteiger partial charge in [0, 0.05) is 6.42 Å². The van der Waals surface area contributed by atoms with Crippen LogP contribution in [0.2, 0.25) is 0 Å². The first-order valence-electron chi connectivity index (χ1n) is 4.20. The molecule has 0 saturated heterocycles. The highest BCUT2D eigenvalue weighted by Gasteiger charge is 2.31. The van der Waals surface area contributed by atoms with Crippen molar-refractivity contribution in [3.8, 4) is 0 Å². The third-order valence-electron chi connectivity index (χ3n) is 1.86. The Bertz CT molecular complexity index is 145. The van der Waals surface area contributed by atoms with Gasteiger partial charge in [-0.3, -0.25) is 0 Å². The van der Waals surface area contributed by atoms with E-state index >= 15 is 0 Å². The van der Waals surface area contributed by atoms with Gasteiger partial charge in [-0.05, 0) is 33.4 Å². The van der Waals surface area contributed by atoms with E-state index in [2.05, 4.69) is 5.32 Å². The fourth-order valence-electron chi connectivity index (χ4n) is 0.930. The van der Waals surface area contributed by atoms with Gasteiger partial charge in [-0.15, -0.1) is 0 Å². The fourth-order valence-corrected chi connectivity index (χ4v) is 0.930. The predicted octanol–water partition coefficient (Wildman–Crippen LogP) is 1.69. The lowest BCUT2D eigenvalue weighted by molar-refractivity contribution is -0.145. The van der Waals surface area contributed by atoms with Crippen LogP contribution in [0.1, 0.15) is 26.2 Å². The molecule has 0 rings (SSSR count). The van der Waals surface area contributed by atoms with Crippen LogP contribution < -0.4 is 5.32 Å². The van der Waals surface area contributed by atoms with Gasteiger partial charge in [0.05, 0.1) is 5.60 Å². The first-order valence-corrected chi connectivity index (χ1v) is 4.20. The van der Waals surface area contributed by atoms with Gasteiger partial charge in [-0.25, -0.2) is 0 Å². The van der Waals surface area contributed by atoms with Crippen molar-refractivity contribution >= 4 is 0 Å². The maximum absolute atomic E-state index is 11.8. The second-order valence-electron chi connectivity index (χ2n) is 3.47. The largest absolute Gasteiger partial charge is 0.390 e. The summed E-state index contributed by atoms with van der Waals surface area (Å²) in [6.07, 6.45) is -5.01. The average Bonchev–Trinajstić information content (AvgIpc) is 1.97. The monoisotopic (exact) mass is 199 g/mol. The first-order chi connectivity index (χ1) is 5.77. The zero-order chi connectivity index (χ0) is 10.5. The van der Waals surface area contributed by atoms with E-state index in [4.69, 9.17) is 0 Å². The van der Waals surface area contributed by atoms with Crippen LogP contribution >= 0.6 is 0 Å². The minimum atomic E-state index is -4.18. The van der Waals surface area contributed by atoms with E-state index in [-0.39, 0.29) is 6.42 Å². The normalized spacial score (nSPS) is 17.1. The van der Waals surface area contributed by atoms with E-state index in [0.29, 0.717) is 13.0 Å². The quantitative estimate of drug-likeness (QED) is 0.706. The molecule has 2 nitrogen and oxygen atoms in total. The maximum atomic E-state index is 11.8. The molecule has 0 aliphatic rings. The number of rotatable bonds is 5. The first kappa shape index (κ1) is 12.7. The number of alkyl halides is 3. The molecule has 0 saturated carbocycles. The summed E-state index contributed by atoms with van der Waals surface area (Å²) >= 11 is 0. The lowest BCUT2D eigenvalue weighted by Crippen LogP contribution is -2.30. The topological polar surface area (TPSA) is 32.3 Å². The zero-order valence-electron chi connectivity index (χ0n) is 7.91. The van der Waals surface area contributed by atoms with Gasteiger partial charge >= 0.3 is 6.18 Å². The Morgan fingerprint density at radius 2 is 1.69 bits per heavy atom. The van der Waals surface area contributed by atoms with Crippen LogP contribution in [0.4, 0.5) is 13.2 Å². The summed E-state index contributed by atoms with van der Waals surface area (Å²) in [4.78, 5) is 0. The minimum absolute atomic E-state index is 0.238. The zero-order valence-corrected chi connectivity index (χ0v) is 7.91. The Hall–Kier alpha value is -0.290. The molecule has 5 heteroatoms. The molecule has 0 aliphatic heterocycles. The maximum Gasteiger partial charge on any atom is 0.389 e. The fraction of sp³-hybridized carbons (Fsp3) is 1.00. The molecule has 0 bridgehead atoms. The molecular formula is C8H16F3NO. The summed E-state index contributed by atoms with van der Waals surface area (Å²) in [5.41, 5.74) is -1.22. The van der Waals surface area contributed by atoms with Crippen molar-refractivity contribution in [2.45, 2.75) is 38.0 Å². The summed E-state index contributed by atoms with van der Waals surface area (Å²) in [5.74, 6) is 0. The lowest BCUT2D eigenvalue weighted by atomic mass is 9.96. The number of hydrogen-bond donors (Lipinski definition) is 2. The van der Waals surface area contributed by atoms with Gasteiger partial charge in [0.15, 0.2) is 0 Å². The molecule has 0 aromatic heterocycles. The Kier molecular flexibility index (Phi) is 4.70. The summed E-state index contributed by atoms with van der Waals surface area (Å²) in [6, 6.07) is 0. The van der Waals surface area contributed by atoms with Gasteiger partial charge in [0.25, 0.3) is 0 Å². The van der Waals surface area contributed by atoms with Gasteiger partial charge in [-0.1, -0.05) is 0 Å². The van der Waals surface area contributed by atoms with Gasteiger partial charge < -0.3 is 10.4 Å². The summed E-state index contributed by atoms with van der Waals surface area (Å²) in [5, 5.41) is 12.2. The number of halogens is 3. The lowest BCUT2D eigenvalue weighted by Gasteiger charge is -2.23. The molecule has 0 aliphatic carbocycles. The highest BCUT2D eigenvalue weighted by atomic mass is 19.4. The van der Waals surface area contributed by atoms with E-state index in [0.717, 1.165) is 0 Å². The molecule has 0 spiro atoms. The van der Waals surface area contributed by atoms with Crippen LogP contribution in [0.3, 0.4) is 0 Å². The number of nitrogens with one attached hydrogen (secondary N) is 1. The van der Waals surface area contributed by atoms with E-state index < -0.39 is 18.2 Å². The van der Waals surface area contributed by atoms with E-state index in [1.807, 2.05) is 0 Å². The average molecular weight is 199 g/mol. The van der Waals surface area contributed by atoms with Crippen LogP contribution in [0.5, 0.6) is 0 Å². The SMILES string of the molecule is CNCCC(C)(O)CCC(F)(F)F. The smallest absolute Gasteiger partial charge is 0.389 e. The molecular weight excluding hydrogens is 183 g/mol. The number of hydrogen-bond acceptors (Lipinski definition) is 2. The second kappa shape index (κ2) is 4.81. The van der Waals surface area contributed by atoms with Crippen LogP contribution in [-0.2, 0) is 0 Å². The standard InChI is InChI=1S/C8H16F3NO/c1-7(13,5-6-12-2)3-4-8(9,10)11/h12-13H,3-6H2,1-2H3. The number of aliphatic hydroxyl groups is 1. The molecule has 0 radical (unpaired) electrons. The van der Waals surface area contributed by atoms with Crippen molar-refractivity contribution in [1.82, 2.24) is 5.32 Å². The molecule has 0 aromatic carbocycles. The second-order valence-corrected chi connectivity index (χ2v) is 3.47. The summed E-state index contributed by atoms with van der Waals surface area (Å²) in [7, 11) is 1.69. The third kappa shape index (κ3) is 8.05. The Balaban J connectivity index is 3.75. The van der Waals surface area contributed by atoms with Gasteiger partial charge in [-0.2, -0.15) is 13.2 Å².